The minimum atomic E-state index is 0.716. The average Bonchev–Trinajstić information content (AvgIpc) is 2.79. The Kier molecular flexibility index (Phi) is 3.52. The van der Waals surface area contributed by atoms with Crippen molar-refractivity contribution >= 4 is 11.1 Å². The predicted octanol–water partition coefficient (Wildman–Crippen LogP) is 3.45. The molecule has 20 heavy (non-hydrogen) atoms. The number of rotatable bonds is 4. The van der Waals surface area contributed by atoms with E-state index in [1.54, 1.807) is 0 Å². The monoisotopic (exact) mass is 266 g/mol. The number of aryl methyl sites for hydroxylation is 1. The Bertz CT molecular complexity index is 731. The van der Waals surface area contributed by atoms with Gasteiger partial charge in [-0.3, -0.25) is 0 Å². The second-order valence-electron chi connectivity index (χ2n) is 5.06. The highest BCUT2D eigenvalue weighted by Crippen LogP contribution is 2.19. The number of fused-ring (bicyclic) bond motifs is 1. The third-order valence-electron chi connectivity index (χ3n) is 3.34. The molecule has 3 nitrogen and oxygen atoms in total. The standard InChI is InChI=1S/C17H18N2O/c1-12-19-16-7-6-14(10-17(16)20-12)8-13-4-3-5-15(9-13)11-18-2/h3-7,9-10,18H,8,11H2,1-2H3. The van der Waals surface area contributed by atoms with E-state index in [1.165, 1.54) is 16.7 Å². The quantitative estimate of drug-likeness (QED) is 0.786. The van der Waals surface area contributed by atoms with E-state index in [9.17, 15) is 0 Å². The molecule has 0 spiro atoms. The summed E-state index contributed by atoms with van der Waals surface area (Å²) in [6.07, 6.45) is 0.910. The van der Waals surface area contributed by atoms with Gasteiger partial charge in [-0.1, -0.05) is 30.3 Å². The molecule has 0 bridgehead atoms. The Morgan fingerprint density at radius 1 is 1.05 bits per heavy atom. The zero-order valence-corrected chi connectivity index (χ0v) is 11.8. The van der Waals surface area contributed by atoms with Crippen molar-refractivity contribution in [1.82, 2.24) is 10.3 Å². The van der Waals surface area contributed by atoms with Crippen LogP contribution in [0.3, 0.4) is 0 Å². The Morgan fingerprint density at radius 2 is 1.85 bits per heavy atom. The van der Waals surface area contributed by atoms with Crippen molar-refractivity contribution in [3.05, 3.63) is 65.0 Å². The first kappa shape index (κ1) is 12.9. The van der Waals surface area contributed by atoms with Crippen LogP contribution in [0.1, 0.15) is 22.6 Å². The van der Waals surface area contributed by atoms with Crippen LogP contribution in [-0.2, 0) is 13.0 Å². The second-order valence-corrected chi connectivity index (χ2v) is 5.06. The van der Waals surface area contributed by atoms with E-state index < -0.39 is 0 Å². The van der Waals surface area contributed by atoms with Crippen molar-refractivity contribution in [2.24, 2.45) is 0 Å². The lowest BCUT2D eigenvalue weighted by atomic mass is 10.0. The van der Waals surface area contributed by atoms with Gasteiger partial charge < -0.3 is 9.73 Å². The van der Waals surface area contributed by atoms with Crippen molar-refractivity contribution in [3.8, 4) is 0 Å². The summed E-state index contributed by atoms with van der Waals surface area (Å²) in [5, 5.41) is 3.18. The van der Waals surface area contributed by atoms with E-state index in [-0.39, 0.29) is 0 Å². The predicted molar refractivity (Wildman–Crippen MR) is 80.8 cm³/mol. The summed E-state index contributed by atoms with van der Waals surface area (Å²) in [5.74, 6) is 0.716. The molecule has 0 radical (unpaired) electrons. The second kappa shape index (κ2) is 5.47. The maximum atomic E-state index is 5.59. The summed E-state index contributed by atoms with van der Waals surface area (Å²) in [4.78, 5) is 4.32. The van der Waals surface area contributed by atoms with Gasteiger partial charge in [0, 0.05) is 13.5 Å². The first-order valence-corrected chi connectivity index (χ1v) is 6.83. The molecule has 0 aliphatic rings. The summed E-state index contributed by atoms with van der Waals surface area (Å²) >= 11 is 0. The van der Waals surface area contributed by atoms with E-state index in [4.69, 9.17) is 4.42 Å². The Labute approximate surface area is 118 Å². The van der Waals surface area contributed by atoms with E-state index in [0.717, 1.165) is 24.1 Å². The van der Waals surface area contributed by atoms with Gasteiger partial charge in [0.1, 0.15) is 5.52 Å². The van der Waals surface area contributed by atoms with E-state index >= 15 is 0 Å². The van der Waals surface area contributed by atoms with Crippen molar-refractivity contribution in [1.29, 1.82) is 0 Å². The highest BCUT2D eigenvalue weighted by atomic mass is 16.3. The molecule has 1 N–H and O–H groups in total. The molecule has 0 saturated carbocycles. The number of oxazole rings is 1. The fourth-order valence-corrected chi connectivity index (χ4v) is 2.48. The third kappa shape index (κ3) is 2.73. The Hall–Kier alpha value is -2.13. The van der Waals surface area contributed by atoms with E-state index in [2.05, 4.69) is 46.7 Å². The van der Waals surface area contributed by atoms with Crippen LogP contribution in [-0.4, -0.2) is 12.0 Å². The van der Waals surface area contributed by atoms with Crippen LogP contribution in [0.15, 0.2) is 46.9 Å². The van der Waals surface area contributed by atoms with Crippen LogP contribution in [0.2, 0.25) is 0 Å². The lowest BCUT2D eigenvalue weighted by molar-refractivity contribution is 0.561. The molecule has 0 aliphatic carbocycles. The highest BCUT2D eigenvalue weighted by Gasteiger charge is 2.04. The molecule has 0 atom stereocenters. The Morgan fingerprint density at radius 3 is 2.70 bits per heavy atom. The summed E-state index contributed by atoms with van der Waals surface area (Å²) in [5.41, 5.74) is 5.66. The summed E-state index contributed by atoms with van der Waals surface area (Å²) in [7, 11) is 1.97. The zero-order chi connectivity index (χ0) is 13.9. The van der Waals surface area contributed by atoms with Crippen molar-refractivity contribution < 1.29 is 4.42 Å². The van der Waals surface area contributed by atoms with Gasteiger partial charge in [-0.15, -0.1) is 0 Å². The number of hydrogen-bond acceptors (Lipinski definition) is 3. The fraction of sp³-hybridized carbons (Fsp3) is 0.235. The van der Waals surface area contributed by atoms with Crippen LogP contribution in [0.25, 0.3) is 11.1 Å². The maximum Gasteiger partial charge on any atom is 0.192 e. The zero-order valence-electron chi connectivity index (χ0n) is 11.8. The third-order valence-corrected chi connectivity index (χ3v) is 3.34. The van der Waals surface area contributed by atoms with E-state index in [0.29, 0.717) is 5.89 Å². The molecular formula is C17H18N2O. The van der Waals surface area contributed by atoms with Crippen molar-refractivity contribution in [2.75, 3.05) is 7.05 Å². The topological polar surface area (TPSA) is 38.1 Å². The largest absolute Gasteiger partial charge is 0.441 e. The molecule has 0 aliphatic heterocycles. The molecule has 0 fully saturated rings. The summed E-state index contributed by atoms with van der Waals surface area (Å²) in [6, 6.07) is 14.9. The molecule has 1 aromatic heterocycles. The number of nitrogens with one attached hydrogen (secondary N) is 1. The van der Waals surface area contributed by atoms with Crippen LogP contribution in [0.5, 0.6) is 0 Å². The minimum Gasteiger partial charge on any atom is -0.441 e. The SMILES string of the molecule is CNCc1cccc(Cc2ccc3nc(C)oc3c2)c1. The maximum absolute atomic E-state index is 5.59. The highest BCUT2D eigenvalue weighted by molar-refractivity contribution is 5.73. The van der Waals surface area contributed by atoms with Gasteiger partial charge >= 0.3 is 0 Å². The van der Waals surface area contributed by atoms with Gasteiger partial charge in [-0.25, -0.2) is 4.98 Å². The molecule has 0 saturated heterocycles. The molecule has 1 heterocycles. The molecule has 3 rings (SSSR count). The molecule has 3 heteroatoms. The van der Waals surface area contributed by atoms with Crippen molar-refractivity contribution in [3.63, 3.8) is 0 Å². The molecular weight excluding hydrogens is 248 g/mol. The van der Waals surface area contributed by atoms with Gasteiger partial charge in [0.15, 0.2) is 11.5 Å². The average molecular weight is 266 g/mol. The molecule has 0 amide bonds. The Balaban J connectivity index is 1.86. The van der Waals surface area contributed by atoms with Gasteiger partial charge in [-0.2, -0.15) is 0 Å². The first-order chi connectivity index (χ1) is 9.74. The smallest absolute Gasteiger partial charge is 0.192 e. The fourth-order valence-electron chi connectivity index (χ4n) is 2.48. The van der Waals surface area contributed by atoms with Crippen LogP contribution >= 0.6 is 0 Å². The number of benzene rings is 2. The van der Waals surface area contributed by atoms with Gasteiger partial charge in [0.2, 0.25) is 0 Å². The summed E-state index contributed by atoms with van der Waals surface area (Å²) < 4.78 is 5.59. The first-order valence-electron chi connectivity index (χ1n) is 6.83. The van der Waals surface area contributed by atoms with Gasteiger partial charge in [0.05, 0.1) is 0 Å². The lowest BCUT2D eigenvalue weighted by Crippen LogP contribution is -2.05. The van der Waals surface area contributed by atoms with Crippen molar-refractivity contribution in [2.45, 2.75) is 19.9 Å². The summed E-state index contributed by atoms with van der Waals surface area (Å²) in [6.45, 7) is 2.77. The van der Waals surface area contributed by atoms with Gasteiger partial charge in [0.25, 0.3) is 0 Å². The molecule has 102 valence electrons. The van der Waals surface area contributed by atoms with Crippen LogP contribution in [0, 0.1) is 6.92 Å². The number of aromatic nitrogens is 1. The van der Waals surface area contributed by atoms with Crippen LogP contribution < -0.4 is 5.32 Å². The van der Waals surface area contributed by atoms with Gasteiger partial charge in [-0.05, 0) is 42.3 Å². The lowest BCUT2D eigenvalue weighted by Gasteiger charge is -2.05. The number of nitrogens with zero attached hydrogens (tertiary/aromatic N) is 1. The van der Waals surface area contributed by atoms with E-state index in [1.807, 2.05) is 20.0 Å². The number of hydrogen-bond donors (Lipinski definition) is 1. The molecule has 2 aromatic carbocycles. The molecule has 3 aromatic rings. The minimum absolute atomic E-state index is 0.716. The normalized spacial score (nSPS) is 11.1. The van der Waals surface area contributed by atoms with Crippen LogP contribution in [0.4, 0.5) is 0 Å². The molecule has 0 unspecified atom stereocenters.